The van der Waals surface area contributed by atoms with Gasteiger partial charge in [-0.1, -0.05) is 72.8 Å². The second-order valence-corrected chi connectivity index (χ2v) is 5.86. The lowest BCUT2D eigenvalue weighted by molar-refractivity contribution is -0.136. The van der Waals surface area contributed by atoms with Crippen LogP contribution < -0.4 is 0 Å². The molecule has 1 aromatic heterocycles. The molecule has 5 heteroatoms. The van der Waals surface area contributed by atoms with Crippen LogP contribution in [-0.4, -0.2) is 10.2 Å². The predicted molar refractivity (Wildman–Crippen MR) is 95.4 cm³/mol. The van der Waals surface area contributed by atoms with Crippen molar-refractivity contribution in [1.82, 2.24) is 10.2 Å². The monoisotopic (exact) mass is 350 g/mol. The smallest absolute Gasteiger partial charge is 0.166 e. The largest absolute Gasteiger partial charge is 0.418 e. The summed E-state index contributed by atoms with van der Waals surface area (Å²) in [5.41, 5.74) is 1.89. The molecule has 0 amide bonds. The van der Waals surface area contributed by atoms with E-state index in [1.165, 1.54) is 6.07 Å². The molecule has 0 aliphatic carbocycles. The van der Waals surface area contributed by atoms with Crippen molar-refractivity contribution in [2.75, 3.05) is 0 Å². The van der Waals surface area contributed by atoms with Gasteiger partial charge in [-0.25, -0.2) is 0 Å². The van der Waals surface area contributed by atoms with E-state index in [9.17, 15) is 13.2 Å². The van der Waals surface area contributed by atoms with Crippen molar-refractivity contribution in [2.45, 2.75) is 6.18 Å². The Balaban J connectivity index is 2.11. The molecule has 0 saturated carbocycles. The molecule has 0 aliphatic rings. The van der Waals surface area contributed by atoms with Crippen LogP contribution in [0.1, 0.15) is 5.56 Å². The van der Waals surface area contributed by atoms with Crippen molar-refractivity contribution in [1.29, 1.82) is 0 Å². The Bertz CT molecular complexity index is 1060. The Hall–Kier alpha value is -3.21. The maximum Gasteiger partial charge on any atom is 0.418 e. The average Bonchev–Trinajstić information content (AvgIpc) is 2.67. The SMILES string of the molecule is FC(F)(F)c1cccc2c(-c3ccccc3)c(-c3ccccc3)nnc12. The molecule has 0 bridgehead atoms. The third-order valence-electron chi connectivity index (χ3n) is 4.21. The fourth-order valence-corrected chi connectivity index (χ4v) is 3.05. The van der Waals surface area contributed by atoms with Gasteiger partial charge in [0.05, 0.1) is 5.56 Å². The molecule has 0 aliphatic heterocycles. The van der Waals surface area contributed by atoms with Crippen molar-refractivity contribution >= 4 is 10.9 Å². The van der Waals surface area contributed by atoms with Crippen LogP contribution >= 0.6 is 0 Å². The van der Waals surface area contributed by atoms with E-state index >= 15 is 0 Å². The minimum Gasteiger partial charge on any atom is -0.166 e. The fraction of sp³-hybridized carbons (Fsp3) is 0.0476. The van der Waals surface area contributed by atoms with E-state index in [-0.39, 0.29) is 5.52 Å². The Morgan fingerprint density at radius 2 is 1.23 bits per heavy atom. The van der Waals surface area contributed by atoms with Gasteiger partial charge in [-0.2, -0.15) is 13.2 Å². The lowest BCUT2D eigenvalue weighted by Gasteiger charge is -2.15. The summed E-state index contributed by atoms with van der Waals surface area (Å²) in [5, 5.41) is 8.55. The first-order chi connectivity index (χ1) is 12.6. The third-order valence-corrected chi connectivity index (χ3v) is 4.21. The van der Waals surface area contributed by atoms with Gasteiger partial charge >= 0.3 is 6.18 Å². The first-order valence-electron chi connectivity index (χ1n) is 8.03. The summed E-state index contributed by atoms with van der Waals surface area (Å²) in [4.78, 5) is 0. The fourth-order valence-electron chi connectivity index (χ4n) is 3.05. The van der Waals surface area contributed by atoms with E-state index in [0.717, 1.165) is 17.2 Å². The molecule has 0 atom stereocenters. The molecule has 0 N–H and O–H groups in total. The van der Waals surface area contributed by atoms with E-state index in [2.05, 4.69) is 10.2 Å². The predicted octanol–water partition coefficient (Wildman–Crippen LogP) is 5.98. The number of hydrogen-bond acceptors (Lipinski definition) is 2. The number of halogens is 3. The zero-order valence-electron chi connectivity index (χ0n) is 13.5. The Labute approximate surface area is 147 Å². The molecule has 0 saturated heterocycles. The van der Waals surface area contributed by atoms with Crippen LogP contribution in [0.15, 0.2) is 78.9 Å². The number of fused-ring (bicyclic) bond motifs is 1. The third kappa shape index (κ3) is 2.81. The minimum atomic E-state index is -4.49. The quantitative estimate of drug-likeness (QED) is 0.444. The zero-order chi connectivity index (χ0) is 18.1. The maximum absolute atomic E-state index is 13.4. The van der Waals surface area contributed by atoms with Gasteiger partial charge in [-0.05, 0) is 11.6 Å². The van der Waals surface area contributed by atoms with Crippen molar-refractivity contribution in [2.24, 2.45) is 0 Å². The highest BCUT2D eigenvalue weighted by molar-refractivity contribution is 6.01. The lowest BCUT2D eigenvalue weighted by atomic mass is 9.94. The van der Waals surface area contributed by atoms with Crippen LogP contribution in [0.4, 0.5) is 13.2 Å². The van der Waals surface area contributed by atoms with Crippen molar-refractivity contribution < 1.29 is 13.2 Å². The second-order valence-electron chi connectivity index (χ2n) is 5.86. The summed E-state index contributed by atoms with van der Waals surface area (Å²) < 4.78 is 40.2. The number of aromatic nitrogens is 2. The molecule has 4 aromatic rings. The van der Waals surface area contributed by atoms with Crippen LogP contribution in [0.3, 0.4) is 0 Å². The summed E-state index contributed by atoms with van der Waals surface area (Å²) in [7, 11) is 0. The molecular formula is C21H13F3N2. The van der Waals surface area contributed by atoms with E-state index in [0.29, 0.717) is 16.6 Å². The van der Waals surface area contributed by atoms with E-state index in [4.69, 9.17) is 0 Å². The molecule has 1 heterocycles. The molecule has 4 rings (SSSR count). The summed E-state index contributed by atoms with van der Waals surface area (Å²) in [6.45, 7) is 0. The number of benzene rings is 3. The molecule has 128 valence electrons. The first-order valence-corrected chi connectivity index (χ1v) is 8.03. The van der Waals surface area contributed by atoms with Crippen molar-refractivity contribution in [3.63, 3.8) is 0 Å². The summed E-state index contributed by atoms with van der Waals surface area (Å²) in [6, 6.07) is 22.7. The standard InChI is InChI=1S/C21H13F3N2/c22-21(23,24)17-13-7-12-16-18(14-8-3-1-4-9-14)19(25-26-20(16)17)15-10-5-2-6-11-15/h1-13H. The van der Waals surface area contributed by atoms with Crippen LogP contribution in [0.25, 0.3) is 33.3 Å². The minimum absolute atomic E-state index is 0.140. The van der Waals surface area contributed by atoms with Crippen LogP contribution in [0, 0.1) is 0 Å². The topological polar surface area (TPSA) is 25.8 Å². The molecule has 3 aromatic carbocycles. The average molecular weight is 350 g/mol. The van der Waals surface area contributed by atoms with Crippen molar-refractivity contribution in [3.05, 3.63) is 84.4 Å². The van der Waals surface area contributed by atoms with Crippen LogP contribution in [0.5, 0.6) is 0 Å². The number of hydrogen-bond donors (Lipinski definition) is 0. The number of nitrogens with zero attached hydrogens (tertiary/aromatic N) is 2. The highest BCUT2D eigenvalue weighted by atomic mass is 19.4. The Kier molecular flexibility index (Phi) is 3.92. The van der Waals surface area contributed by atoms with E-state index in [1.807, 2.05) is 60.7 Å². The summed E-state index contributed by atoms with van der Waals surface area (Å²) in [5.74, 6) is 0. The van der Waals surface area contributed by atoms with Crippen molar-refractivity contribution in [3.8, 4) is 22.4 Å². The Morgan fingerprint density at radius 3 is 1.85 bits per heavy atom. The van der Waals surface area contributed by atoms with Gasteiger partial charge < -0.3 is 0 Å². The first kappa shape index (κ1) is 16.3. The van der Waals surface area contributed by atoms with Gasteiger partial charge in [0.1, 0.15) is 11.2 Å². The second kappa shape index (κ2) is 6.26. The van der Waals surface area contributed by atoms with Gasteiger partial charge in [0.25, 0.3) is 0 Å². The normalized spacial score (nSPS) is 11.7. The summed E-state index contributed by atoms with van der Waals surface area (Å²) >= 11 is 0. The highest BCUT2D eigenvalue weighted by Gasteiger charge is 2.34. The van der Waals surface area contributed by atoms with E-state index in [1.54, 1.807) is 6.07 Å². The zero-order valence-corrected chi connectivity index (χ0v) is 13.5. The molecule has 0 fully saturated rings. The number of alkyl halides is 3. The highest BCUT2D eigenvalue weighted by Crippen LogP contribution is 2.40. The molecule has 0 unspecified atom stereocenters. The van der Waals surface area contributed by atoms with Gasteiger partial charge in [0.2, 0.25) is 0 Å². The molecule has 26 heavy (non-hydrogen) atoms. The van der Waals surface area contributed by atoms with E-state index < -0.39 is 11.7 Å². The molecule has 0 radical (unpaired) electrons. The summed E-state index contributed by atoms with van der Waals surface area (Å²) in [6.07, 6.45) is -4.49. The van der Waals surface area contributed by atoms with Crippen LogP contribution in [0.2, 0.25) is 0 Å². The molecule has 2 nitrogen and oxygen atoms in total. The van der Waals surface area contributed by atoms with Gasteiger partial charge in [0, 0.05) is 16.5 Å². The molecule has 0 spiro atoms. The Morgan fingerprint density at radius 1 is 0.615 bits per heavy atom. The van der Waals surface area contributed by atoms with Crippen LogP contribution in [-0.2, 0) is 6.18 Å². The maximum atomic E-state index is 13.4. The van der Waals surface area contributed by atoms with Gasteiger partial charge in [-0.3, -0.25) is 0 Å². The van der Waals surface area contributed by atoms with Gasteiger partial charge in [0.15, 0.2) is 0 Å². The van der Waals surface area contributed by atoms with Gasteiger partial charge in [-0.15, -0.1) is 10.2 Å². The molecular weight excluding hydrogens is 337 g/mol. The lowest BCUT2D eigenvalue weighted by Crippen LogP contribution is -2.08. The number of rotatable bonds is 2.